The standard InChI is InChI=1S/C15H15FN2O5/c1-23-15(22)12-5-9(19)6-17(12)7-18-11-3-2-8(16)4-10(11)13(20)14(18)21/h2-4,9,12,19H,5-7H2,1H3/t9-,12+/m1/s1. The van der Waals surface area contributed by atoms with Crippen molar-refractivity contribution in [3.05, 3.63) is 29.6 Å². The zero-order valence-corrected chi connectivity index (χ0v) is 12.4. The van der Waals surface area contributed by atoms with Crippen molar-refractivity contribution in [1.82, 2.24) is 4.90 Å². The lowest BCUT2D eigenvalue weighted by Crippen LogP contribution is -2.46. The van der Waals surface area contributed by atoms with E-state index in [1.54, 1.807) is 4.90 Å². The molecule has 1 aromatic carbocycles. The van der Waals surface area contributed by atoms with E-state index in [2.05, 4.69) is 0 Å². The molecule has 2 atom stereocenters. The number of nitrogens with zero attached hydrogens (tertiary/aromatic N) is 2. The van der Waals surface area contributed by atoms with E-state index < -0.39 is 35.6 Å². The summed E-state index contributed by atoms with van der Waals surface area (Å²) in [6.45, 7) is 0.119. The minimum Gasteiger partial charge on any atom is -0.468 e. The lowest BCUT2D eigenvalue weighted by molar-refractivity contribution is -0.146. The van der Waals surface area contributed by atoms with Gasteiger partial charge in [-0.25, -0.2) is 4.39 Å². The van der Waals surface area contributed by atoms with Gasteiger partial charge in [0, 0.05) is 13.0 Å². The number of carbonyl (C=O) groups excluding carboxylic acids is 3. The van der Waals surface area contributed by atoms with E-state index in [1.807, 2.05) is 0 Å². The highest BCUT2D eigenvalue weighted by atomic mass is 19.1. The molecule has 1 amide bonds. The Morgan fingerprint density at radius 3 is 2.87 bits per heavy atom. The fraction of sp³-hybridized carbons (Fsp3) is 0.400. The molecule has 0 aromatic heterocycles. The van der Waals surface area contributed by atoms with Crippen LogP contribution in [0.1, 0.15) is 16.8 Å². The maximum Gasteiger partial charge on any atom is 0.323 e. The molecule has 0 unspecified atom stereocenters. The SMILES string of the molecule is COC(=O)[C@@H]1C[C@@H](O)CN1CN1C(=O)C(=O)c2cc(F)ccc21. The van der Waals surface area contributed by atoms with Gasteiger partial charge < -0.3 is 9.84 Å². The van der Waals surface area contributed by atoms with Gasteiger partial charge in [0.05, 0.1) is 31.1 Å². The van der Waals surface area contributed by atoms with Crippen LogP contribution in [-0.2, 0) is 14.3 Å². The van der Waals surface area contributed by atoms with Crippen molar-refractivity contribution in [1.29, 1.82) is 0 Å². The van der Waals surface area contributed by atoms with Gasteiger partial charge in [0.2, 0.25) is 0 Å². The van der Waals surface area contributed by atoms with Crippen LogP contribution in [-0.4, -0.2) is 60.1 Å². The molecule has 23 heavy (non-hydrogen) atoms. The molecule has 0 saturated carbocycles. The lowest BCUT2D eigenvalue weighted by Gasteiger charge is -2.27. The summed E-state index contributed by atoms with van der Waals surface area (Å²) < 4.78 is 18.0. The summed E-state index contributed by atoms with van der Waals surface area (Å²) in [5.41, 5.74) is 0.302. The number of amides is 1. The maximum atomic E-state index is 13.3. The predicted molar refractivity (Wildman–Crippen MR) is 76.2 cm³/mol. The van der Waals surface area contributed by atoms with Gasteiger partial charge in [-0.3, -0.25) is 24.2 Å². The molecule has 1 N–H and O–H groups in total. The molecule has 3 rings (SSSR count). The highest BCUT2D eigenvalue weighted by Gasteiger charge is 2.42. The number of aliphatic hydroxyl groups excluding tert-OH is 1. The minimum absolute atomic E-state index is 0.00404. The average Bonchev–Trinajstić information content (AvgIpc) is 3.00. The van der Waals surface area contributed by atoms with Crippen molar-refractivity contribution >= 4 is 23.3 Å². The van der Waals surface area contributed by atoms with Crippen LogP contribution in [0.2, 0.25) is 0 Å². The molecule has 0 bridgehead atoms. The van der Waals surface area contributed by atoms with Crippen LogP contribution >= 0.6 is 0 Å². The third-order valence-corrected chi connectivity index (χ3v) is 4.11. The highest BCUT2D eigenvalue weighted by Crippen LogP contribution is 2.31. The summed E-state index contributed by atoms with van der Waals surface area (Å²) in [5.74, 6) is -2.68. The Morgan fingerprint density at radius 1 is 1.43 bits per heavy atom. The number of hydrogen-bond acceptors (Lipinski definition) is 6. The van der Waals surface area contributed by atoms with Gasteiger partial charge in [0.15, 0.2) is 0 Å². The van der Waals surface area contributed by atoms with Gasteiger partial charge in [-0.15, -0.1) is 0 Å². The van der Waals surface area contributed by atoms with E-state index in [0.717, 1.165) is 12.1 Å². The largest absolute Gasteiger partial charge is 0.468 e. The fourth-order valence-electron chi connectivity index (χ4n) is 3.01. The number of ketones is 1. The summed E-state index contributed by atoms with van der Waals surface area (Å²) in [6.07, 6.45) is -0.529. The Balaban J connectivity index is 1.87. The summed E-state index contributed by atoms with van der Waals surface area (Å²) in [4.78, 5) is 38.6. The van der Waals surface area contributed by atoms with Crippen LogP contribution in [0.15, 0.2) is 18.2 Å². The molecule has 2 aliphatic rings. The Labute approximate surface area is 131 Å². The molecule has 2 aliphatic heterocycles. The first kappa shape index (κ1) is 15.6. The number of Topliss-reactive ketones (excluding diaryl/α,β-unsaturated/α-hetero) is 1. The number of halogens is 1. The molecule has 0 radical (unpaired) electrons. The van der Waals surface area contributed by atoms with E-state index >= 15 is 0 Å². The molecule has 8 heteroatoms. The van der Waals surface area contributed by atoms with E-state index in [9.17, 15) is 23.9 Å². The Bertz CT molecular complexity index is 692. The number of aliphatic hydroxyl groups is 1. The van der Waals surface area contributed by atoms with Crippen LogP contribution in [0.25, 0.3) is 0 Å². The third kappa shape index (κ3) is 2.60. The molecule has 7 nitrogen and oxygen atoms in total. The summed E-state index contributed by atoms with van der Waals surface area (Å²) in [5, 5.41) is 9.77. The van der Waals surface area contributed by atoms with Crippen molar-refractivity contribution in [3.8, 4) is 0 Å². The number of anilines is 1. The number of methoxy groups -OCH3 is 1. The van der Waals surface area contributed by atoms with Crippen molar-refractivity contribution in [3.63, 3.8) is 0 Å². The zero-order chi connectivity index (χ0) is 16.7. The normalized spacial score (nSPS) is 24.2. The molecule has 1 fully saturated rings. The molecule has 122 valence electrons. The Morgan fingerprint density at radius 2 is 2.17 bits per heavy atom. The summed E-state index contributed by atoms with van der Waals surface area (Å²) in [7, 11) is 1.24. The Hall–Kier alpha value is -2.32. The fourth-order valence-corrected chi connectivity index (χ4v) is 3.01. The van der Waals surface area contributed by atoms with Crippen LogP contribution in [0.3, 0.4) is 0 Å². The van der Waals surface area contributed by atoms with Gasteiger partial charge in [0.1, 0.15) is 11.9 Å². The first-order valence-electron chi connectivity index (χ1n) is 7.08. The van der Waals surface area contributed by atoms with Crippen molar-refractivity contribution in [2.75, 3.05) is 25.2 Å². The maximum absolute atomic E-state index is 13.3. The topological polar surface area (TPSA) is 87.2 Å². The van der Waals surface area contributed by atoms with E-state index in [0.29, 0.717) is 5.69 Å². The first-order chi connectivity index (χ1) is 10.9. The molecule has 1 saturated heterocycles. The summed E-state index contributed by atoms with van der Waals surface area (Å²) in [6, 6.07) is 2.84. The molecule has 2 heterocycles. The molecular formula is C15H15FN2O5. The number of carbonyl (C=O) groups is 3. The van der Waals surface area contributed by atoms with Crippen LogP contribution in [0.5, 0.6) is 0 Å². The number of benzene rings is 1. The number of hydrogen-bond donors (Lipinski definition) is 1. The first-order valence-corrected chi connectivity index (χ1v) is 7.08. The number of fused-ring (bicyclic) bond motifs is 1. The van der Waals surface area contributed by atoms with Crippen molar-refractivity contribution in [2.45, 2.75) is 18.6 Å². The molecular weight excluding hydrogens is 307 g/mol. The third-order valence-electron chi connectivity index (χ3n) is 4.11. The number of ether oxygens (including phenoxy) is 1. The average molecular weight is 322 g/mol. The highest BCUT2D eigenvalue weighted by molar-refractivity contribution is 6.52. The van der Waals surface area contributed by atoms with E-state index in [1.165, 1.54) is 18.1 Å². The number of β-amino-alcohol motifs (C(OH)–C–C–N with tert-alkyl or cyclic N) is 1. The van der Waals surface area contributed by atoms with Crippen LogP contribution in [0, 0.1) is 5.82 Å². The quantitative estimate of drug-likeness (QED) is 0.619. The molecule has 0 spiro atoms. The van der Waals surface area contributed by atoms with E-state index in [4.69, 9.17) is 4.74 Å². The molecule has 0 aliphatic carbocycles. The predicted octanol–water partition coefficient (Wildman–Crippen LogP) is -0.0793. The number of rotatable bonds is 3. The minimum atomic E-state index is -0.783. The number of esters is 1. The smallest absolute Gasteiger partial charge is 0.323 e. The Kier molecular flexibility index (Phi) is 3.87. The van der Waals surface area contributed by atoms with Crippen LogP contribution < -0.4 is 4.90 Å². The number of likely N-dealkylation sites (tertiary alicyclic amines) is 1. The van der Waals surface area contributed by atoms with E-state index in [-0.39, 0.29) is 25.2 Å². The van der Waals surface area contributed by atoms with Crippen LogP contribution in [0.4, 0.5) is 10.1 Å². The van der Waals surface area contributed by atoms with Gasteiger partial charge in [-0.2, -0.15) is 0 Å². The molecule has 1 aromatic rings. The zero-order valence-electron chi connectivity index (χ0n) is 12.4. The van der Waals surface area contributed by atoms with Gasteiger partial charge in [-0.1, -0.05) is 0 Å². The van der Waals surface area contributed by atoms with Crippen molar-refractivity contribution < 1.29 is 28.6 Å². The summed E-state index contributed by atoms with van der Waals surface area (Å²) >= 11 is 0. The van der Waals surface area contributed by atoms with Crippen molar-refractivity contribution in [2.24, 2.45) is 0 Å². The van der Waals surface area contributed by atoms with Gasteiger partial charge in [-0.05, 0) is 18.2 Å². The lowest BCUT2D eigenvalue weighted by atomic mass is 10.1. The second-order valence-corrected chi connectivity index (χ2v) is 5.57. The van der Waals surface area contributed by atoms with Gasteiger partial charge in [0.25, 0.3) is 5.78 Å². The monoisotopic (exact) mass is 322 g/mol. The van der Waals surface area contributed by atoms with Gasteiger partial charge >= 0.3 is 11.9 Å². The second kappa shape index (κ2) is 5.71. The second-order valence-electron chi connectivity index (χ2n) is 5.57.